The molecule has 1 aliphatic rings. The lowest BCUT2D eigenvalue weighted by Gasteiger charge is -2.13. The van der Waals surface area contributed by atoms with Crippen LogP contribution in [0.1, 0.15) is 43.5 Å². The summed E-state index contributed by atoms with van der Waals surface area (Å²) < 4.78 is 2.05. The van der Waals surface area contributed by atoms with E-state index >= 15 is 0 Å². The highest BCUT2D eigenvalue weighted by atomic mass is 32.2. The standard InChI is InChI=1S/C25H28N4OS/c30-24(26-17-16-20-10-4-1-5-11-20)19-31-25-28-27-23(18-21-12-6-2-7-13-21)29(25)22-14-8-3-9-15-22/h2-3,6-10,12-15H,1,4-5,11,16-19H2,(H,26,30). The van der Waals surface area contributed by atoms with Crippen LogP contribution in [0.4, 0.5) is 0 Å². The first-order valence-corrected chi connectivity index (χ1v) is 11.9. The highest BCUT2D eigenvalue weighted by Gasteiger charge is 2.16. The first kappa shape index (κ1) is 21.4. The van der Waals surface area contributed by atoms with Gasteiger partial charge in [-0.15, -0.1) is 10.2 Å². The molecule has 4 rings (SSSR count). The molecule has 0 unspecified atom stereocenters. The minimum atomic E-state index is 0.0358. The molecule has 1 heterocycles. The van der Waals surface area contributed by atoms with E-state index in [1.54, 1.807) is 0 Å². The number of rotatable bonds is 9. The number of hydrogen-bond donors (Lipinski definition) is 1. The number of thioether (sulfide) groups is 1. The van der Waals surface area contributed by atoms with Crippen LogP contribution in [0.3, 0.4) is 0 Å². The molecular weight excluding hydrogens is 404 g/mol. The Hall–Kier alpha value is -2.86. The summed E-state index contributed by atoms with van der Waals surface area (Å²) in [4.78, 5) is 12.4. The number of hydrogen-bond acceptors (Lipinski definition) is 4. The predicted molar refractivity (Wildman–Crippen MR) is 126 cm³/mol. The second-order valence-electron chi connectivity index (χ2n) is 7.73. The Kier molecular flexibility index (Phi) is 7.56. The molecule has 31 heavy (non-hydrogen) atoms. The molecule has 0 atom stereocenters. The molecule has 1 N–H and O–H groups in total. The van der Waals surface area contributed by atoms with Crippen LogP contribution in [-0.4, -0.2) is 33.0 Å². The maximum Gasteiger partial charge on any atom is 0.230 e. The number of para-hydroxylation sites is 1. The van der Waals surface area contributed by atoms with Crippen LogP contribution in [0.2, 0.25) is 0 Å². The quantitative estimate of drug-likeness (QED) is 0.384. The summed E-state index contributed by atoms with van der Waals surface area (Å²) >= 11 is 1.43. The van der Waals surface area contributed by atoms with Crippen molar-refractivity contribution in [1.29, 1.82) is 0 Å². The van der Waals surface area contributed by atoms with Gasteiger partial charge in [0.25, 0.3) is 0 Å². The zero-order valence-electron chi connectivity index (χ0n) is 17.7. The zero-order valence-corrected chi connectivity index (χ0v) is 18.5. The second-order valence-corrected chi connectivity index (χ2v) is 8.67. The van der Waals surface area contributed by atoms with E-state index < -0.39 is 0 Å². The normalized spacial score (nSPS) is 13.6. The largest absolute Gasteiger partial charge is 0.355 e. The second kappa shape index (κ2) is 11.0. The van der Waals surface area contributed by atoms with Crippen molar-refractivity contribution in [2.45, 2.75) is 43.7 Å². The SMILES string of the molecule is O=C(CSc1nnc(Cc2ccccc2)n1-c1ccccc1)NCCC1=CCCCC1. The first-order chi connectivity index (χ1) is 15.3. The van der Waals surface area contributed by atoms with E-state index in [4.69, 9.17) is 0 Å². The summed E-state index contributed by atoms with van der Waals surface area (Å²) in [6, 6.07) is 20.3. The van der Waals surface area contributed by atoms with Gasteiger partial charge in [-0.3, -0.25) is 9.36 Å². The monoisotopic (exact) mass is 432 g/mol. The molecule has 1 aromatic heterocycles. The lowest BCUT2D eigenvalue weighted by atomic mass is 9.97. The lowest BCUT2D eigenvalue weighted by molar-refractivity contribution is -0.118. The average molecular weight is 433 g/mol. The first-order valence-electron chi connectivity index (χ1n) is 10.9. The summed E-state index contributed by atoms with van der Waals surface area (Å²) in [5, 5.41) is 12.6. The molecule has 0 saturated heterocycles. The molecule has 160 valence electrons. The molecule has 0 fully saturated rings. The summed E-state index contributed by atoms with van der Waals surface area (Å²) in [6.45, 7) is 0.704. The summed E-state index contributed by atoms with van der Waals surface area (Å²) in [6.07, 6.45) is 8.90. The molecule has 0 bridgehead atoms. The van der Waals surface area contributed by atoms with Crippen LogP contribution in [0.5, 0.6) is 0 Å². The minimum Gasteiger partial charge on any atom is -0.355 e. The molecule has 0 aliphatic heterocycles. The number of nitrogens with zero attached hydrogens (tertiary/aromatic N) is 3. The number of benzene rings is 2. The van der Waals surface area contributed by atoms with E-state index in [-0.39, 0.29) is 5.91 Å². The Balaban J connectivity index is 1.40. The van der Waals surface area contributed by atoms with Gasteiger partial charge >= 0.3 is 0 Å². The number of carbonyl (C=O) groups is 1. The van der Waals surface area contributed by atoms with Crippen molar-refractivity contribution in [3.05, 3.63) is 83.7 Å². The molecule has 3 aromatic rings. The zero-order chi connectivity index (χ0) is 21.3. The lowest BCUT2D eigenvalue weighted by Crippen LogP contribution is -2.26. The number of nitrogens with one attached hydrogen (secondary N) is 1. The third kappa shape index (κ3) is 6.07. The topological polar surface area (TPSA) is 59.8 Å². The van der Waals surface area contributed by atoms with Gasteiger partial charge in [0.15, 0.2) is 5.16 Å². The average Bonchev–Trinajstić information content (AvgIpc) is 3.22. The van der Waals surface area contributed by atoms with E-state index in [1.165, 1.54) is 48.6 Å². The van der Waals surface area contributed by atoms with Gasteiger partial charge in [-0.25, -0.2) is 0 Å². The Bertz CT molecular complexity index is 1010. The molecule has 2 aromatic carbocycles. The third-order valence-electron chi connectivity index (χ3n) is 5.41. The third-order valence-corrected chi connectivity index (χ3v) is 6.33. The van der Waals surface area contributed by atoms with Crippen molar-refractivity contribution in [3.8, 4) is 5.69 Å². The van der Waals surface area contributed by atoms with Crippen LogP contribution in [-0.2, 0) is 11.2 Å². The molecule has 0 spiro atoms. The maximum absolute atomic E-state index is 12.4. The Morgan fingerprint density at radius 2 is 1.77 bits per heavy atom. The van der Waals surface area contributed by atoms with Gasteiger partial charge in [-0.05, 0) is 49.8 Å². The minimum absolute atomic E-state index is 0.0358. The molecule has 0 radical (unpaired) electrons. The number of amides is 1. The molecule has 6 heteroatoms. The predicted octanol–water partition coefficient (Wildman–Crippen LogP) is 4.96. The molecule has 1 amide bonds. The number of aromatic nitrogens is 3. The van der Waals surface area contributed by atoms with E-state index in [1.807, 2.05) is 48.5 Å². The van der Waals surface area contributed by atoms with Gasteiger partial charge in [0.2, 0.25) is 5.91 Å². The van der Waals surface area contributed by atoms with Crippen molar-refractivity contribution in [3.63, 3.8) is 0 Å². The smallest absolute Gasteiger partial charge is 0.230 e. The Morgan fingerprint density at radius 1 is 1.00 bits per heavy atom. The van der Waals surface area contributed by atoms with Gasteiger partial charge in [0, 0.05) is 18.7 Å². The van der Waals surface area contributed by atoms with Gasteiger partial charge < -0.3 is 5.32 Å². The van der Waals surface area contributed by atoms with Crippen molar-refractivity contribution in [2.75, 3.05) is 12.3 Å². The number of allylic oxidation sites excluding steroid dienone is 1. The fourth-order valence-electron chi connectivity index (χ4n) is 3.80. The van der Waals surface area contributed by atoms with Crippen LogP contribution in [0.25, 0.3) is 5.69 Å². The van der Waals surface area contributed by atoms with Crippen LogP contribution in [0, 0.1) is 0 Å². The fraction of sp³-hybridized carbons (Fsp3) is 0.320. The van der Waals surface area contributed by atoms with Crippen molar-refractivity contribution >= 4 is 17.7 Å². The fourth-order valence-corrected chi connectivity index (χ4v) is 4.60. The van der Waals surface area contributed by atoms with Crippen LogP contribution in [0.15, 0.2) is 77.5 Å². The van der Waals surface area contributed by atoms with Gasteiger partial charge in [-0.1, -0.05) is 71.9 Å². The Morgan fingerprint density at radius 3 is 2.52 bits per heavy atom. The van der Waals surface area contributed by atoms with Crippen molar-refractivity contribution in [2.24, 2.45) is 0 Å². The molecular formula is C25H28N4OS. The van der Waals surface area contributed by atoms with E-state index in [0.29, 0.717) is 18.7 Å². The van der Waals surface area contributed by atoms with E-state index in [2.05, 4.69) is 38.3 Å². The summed E-state index contributed by atoms with van der Waals surface area (Å²) in [7, 11) is 0. The molecule has 5 nitrogen and oxygen atoms in total. The van der Waals surface area contributed by atoms with Gasteiger partial charge in [0.05, 0.1) is 5.75 Å². The van der Waals surface area contributed by atoms with Crippen LogP contribution < -0.4 is 5.32 Å². The van der Waals surface area contributed by atoms with Gasteiger partial charge in [-0.2, -0.15) is 0 Å². The summed E-state index contributed by atoms with van der Waals surface area (Å²) in [5.74, 6) is 1.23. The molecule has 1 aliphatic carbocycles. The van der Waals surface area contributed by atoms with Crippen molar-refractivity contribution < 1.29 is 4.79 Å². The van der Waals surface area contributed by atoms with Crippen LogP contribution >= 0.6 is 11.8 Å². The summed E-state index contributed by atoms with van der Waals surface area (Å²) in [5.41, 5.74) is 3.66. The van der Waals surface area contributed by atoms with Gasteiger partial charge in [0.1, 0.15) is 5.82 Å². The number of carbonyl (C=O) groups excluding carboxylic acids is 1. The molecule has 0 saturated carbocycles. The Labute approximate surface area is 188 Å². The van der Waals surface area contributed by atoms with E-state index in [9.17, 15) is 4.79 Å². The van der Waals surface area contributed by atoms with E-state index in [0.717, 1.165) is 23.1 Å². The highest BCUT2D eigenvalue weighted by Crippen LogP contribution is 2.23. The van der Waals surface area contributed by atoms with Crippen molar-refractivity contribution in [1.82, 2.24) is 20.1 Å². The maximum atomic E-state index is 12.4. The highest BCUT2D eigenvalue weighted by molar-refractivity contribution is 7.99.